The molecule has 21 heavy (non-hydrogen) atoms. The first-order chi connectivity index (χ1) is 10.2. The van der Waals surface area contributed by atoms with Crippen LogP contribution in [0.5, 0.6) is 11.5 Å². The SMILES string of the molecule is COc1ccc(OC)c(C(CC(=O)O)c2ccccc2)c1. The quantitative estimate of drug-likeness (QED) is 0.885. The summed E-state index contributed by atoms with van der Waals surface area (Å²) in [5.41, 5.74) is 1.75. The molecule has 0 aliphatic heterocycles. The number of aliphatic carboxylic acids is 1. The molecule has 0 saturated heterocycles. The summed E-state index contributed by atoms with van der Waals surface area (Å²) < 4.78 is 10.6. The Morgan fingerprint density at radius 1 is 1.10 bits per heavy atom. The predicted molar refractivity (Wildman–Crippen MR) is 80.1 cm³/mol. The summed E-state index contributed by atoms with van der Waals surface area (Å²) in [6.45, 7) is 0. The molecule has 0 fully saturated rings. The van der Waals surface area contributed by atoms with Crippen LogP contribution in [0.15, 0.2) is 48.5 Å². The van der Waals surface area contributed by atoms with Gasteiger partial charge in [-0.1, -0.05) is 30.3 Å². The fraction of sp³-hybridized carbons (Fsp3) is 0.235. The lowest BCUT2D eigenvalue weighted by Gasteiger charge is -2.19. The number of benzene rings is 2. The summed E-state index contributed by atoms with van der Waals surface area (Å²) in [5.74, 6) is 0.200. The van der Waals surface area contributed by atoms with Crippen LogP contribution in [0.3, 0.4) is 0 Å². The van der Waals surface area contributed by atoms with E-state index in [9.17, 15) is 9.90 Å². The van der Waals surface area contributed by atoms with Gasteiger partial charge in [0.1, 0.15) is 11.5 Å². The highest BCUT2D eigenvalue weighted by Gasteiger charge is 2.22. The normalized spacial score (nSPS) is 11.7. The maximum absolute atomic E-state index is 11.2. The van der Waals surface area contributed by atoms with Crippen molar-refractivity contribution in [1.29, 1.82) is 0 Å². The molecule has 2 aromatic carbocycles. The molecule has 0 aliphatic carbocycles. The second-order valence-electron chi connectivity index (χ2n) is 4.67. The van der Waals surface area contributed by atoms with Gasteiger partial charge in [0.2, 0.25) is 0 Å². The zero-order chi connectivity index (χ0) is 15.2. The van der Waals surface area contributed by atoms with E-state index >= 15 is 0 Å². The van der Waals surface area contributed by atoms with Crippen molar-refractivity contribution >= 4 is 5.97 Å². The highest BCUT2D eigenvalue weighted by atomic mass is 16.5. The molecule has 0 saturated carbocycles. The molecule has 0 aliphatic rings. The van der Waals surface area contributed by atoms with Crippen LogP contribution in [0.1, 0.15) is 23.5 Å². The predicted octanol–water partition coefficient (Wildman–Crippen LogP) is 3.31. The van der Waals surface area contributed by atoms with E-state index in [2.05, 4.69) is 0 Å². The zero-order valence-electron chi connectivity index (χ0n) is 12.1. The maximum atomic E-state index is 11.2. The average molecular weight is 286 g/mol. The standard InChI is InChI=1S/C17H18O4/c1-20-13-8-9-16(21-2)15(10-13)14(11-17(18)19)12-6-4-3-5-7-12/h3-10,14H,11H2,1-2H3,(H,18,19). The van der Waals surface area contributed by atoms with Gasteiger partial charge in [0.05, 0.1) is 20.6 Å². The number of carboxylic acid groups (broad SMARTS) is 1. The highest BCUT2D eigenvalue weighted by molar-refractivity contribution is 5.69. The monoisotopic (exact) mass is 286 g/mol. The van der Waals surface area contributed by atoms with Crippen molar-refractivity contribution in [2.24, 2.45) is 0 Å². The number of ether oxygens (including phenoxy) is 2. The Bertz CT molecular complexity index is 607. The summed E-state index contributed by atoms with van der Waals surface area (Å²) in [6, 6.07) is 15.0. The Kier molecular flexibility index (Phi) is 4.82. The van der Waals surface area contributed by atoms with Crippen LogP contribution in [0.2, 0.25) is 0 Å². The van der Waals surface area contributed by atoms with Gasteiger partial charge in [-0.3, -0.25) is 4.79 Å². The van der Waals surface area contributed by atoms with Gasteiger partial charge in [0, 0.05) is 11.5 Å². The van der Waals surface area contributed by atoms with Crippen LogP contribution in [-0.2, 0) is 4.79 Å². The third kappa shape index (κ3) is 3.54. The zero-order valence-corrected chi connectivity index (χ0v) is 12.1. The molecule has 2 rings (SSSR count). The molecule has 0 aromatic heterocycles. The van der Waals surface area contributed by atoms with E-state index in [1.165, 1.54) is 0 Å². The molecule has 110 valence electrons. The van der Waals surface area contributed by atoms with E-state index in [-0.39, 0.29) is 12.3 Å². The molecule has 2 aromatic rings. The van der Waals surface area contributed by atoms with Gasteiger partial charge in [-0.15, -0.1) is 0 Å². The molecule has 1 atom stereocenters. The van der Waals surface area contributed by atoms with Gasteiger partial charge in [-0.05, 0) is 23.8 Å². The van der Waals surface area contributed by atoms with E-state index in [4.69, 9.17) is 9.47 Å². The molecule has 0 radical (unpaired) electrons. The van der Waals surface area contributed by atoms with Crippen LogP contribution in [0, 0.1) is 0 Å². The topological polar surface area (TPSA) is 55.8 Å². The van der Waals surface area contributed by atoms with E-state index < -0.39 is 5.97 Å². The Labute approximate surface area is 123 Å². The summed E-state index contributed by atoms with van der Waals surface area (Å²) in [6.07, 6.45) is -0.00641. The van der Waals surface area contributed by atoms with E-state index in [0.29, 0.717) is 11.5 Å². The Morgan fingerprint density at radius 3 is 2.38 bits per heavy atom. The molecule has 0 bridgehead atoms. The summed E-state index contributed by atoms with van der Waals surface area (Å²) in [7, 11) is 3.16. The molecule has 0 amide bonds. The van der Waals surface area contributed by atoms with Crippen LogP contribution in [-0.4, -0.2) is 25.3 Å². The number of carboxylic acids is 1. The van der Waals surface area contributed by atoms with Crippen LogP contribution >= 0.6 is 0 Å². The molecule has 0 spiro atoms. The number of methoxy groups -OCH3 is 2. The van der Waals surface area contributed by atoms with Crippen molar-refractivity contribution < 1.29 is 19.4 Å². The maximum Gasteiger partial charge on any atom is 0.304 e. The fourth-order valence-electron chi connectivity index (χ4n) is 2.38. The second kappa shape index (κ2) is 6.79. The van der Waals surface area contributed by atoms with Crippen LogP contribution < -0.4 is 9.47 Å². The fourth-order valence-corrected chi connectivity index (χ4v) is 2.38. The van der Waals surface area contributed by atoms with Crippen molar-refractivity contribution in [1.82, 2.24) is 0 Å². The van der Waals surface area contributed by atoms with Crippen LogP contribution in [0.25, 0.3) is 0 Å². The van der Waals surface area contributed by atoms with Gasteiger partial charge in [-0.2, -0.15) is 0 Å². The highest BCUT2D eigenvalue weighted by Crippen LogP contribution is 2.36. The van der Waals surface area contributed by atoms with Crippen molar-refractivity contribution in [2.45, 2.75) is 12.3 Å². The van der Waals surface area contributed by atoms with Crippen molar-refractivity contribution in [3.8, 4) is 11.5 Å². The minimum atomic E-state index is -0.853. The van der Waals surface area contributed by atoms with Crippen molar-refractivity contribution in [3.63, 3.8) is 0 Å². The lowest BCUT2D eigenvalue weighted by Crippen LogP contribution is -2.09. The van der Waals surface area contributed by atoms with Gasteiger partial charge in [0.15, 0.2) is 0 Å². The smallest absolute Gasteiger partial charge is 0.304 e. The minimum Gasteiger partial charge on any atom is -0.497 e. The first kappa shape index (κ1) is 14.9. The number of rotatable bonds is 6. The van der Waals surface area contributed by atoms with E-state index in [1.807, 2.05) is 36.4 Å². The molecular formula is C17H18O4. The summed E-state index contributed by atoms with van der Waals surface area (Å²) >= 11 is 0. The Morgan fingerprint density at radius 2 is 1.81 bits per heavy atom. The first-order valence-corrected chi connectivity index (χ1v) is 6.64. The number of carbonyl (C=O) groups is 1. The first-order valence-electron chi connectivity index (χ1n) is 6.64. The van der Waals surface area contributed by atoms with Gasteiger partial charge in [0.25, 0.3) is 0 Å². The lowest BCUT2D eigenvalue weighted by atomic mass is 9.88. The number of hydrogen-bond acceptors (Lipinski definition) is 3. The van der Waals surface area contributed by atoms with Crippen molar-refractivity contribution in [2.75, 3.05) is 14.2 Å². The van der Waals surface area contributed by atoms with Gasteiger partial charge < -0.3 is 14.6 Å². The Balaban J connectivity index is 2.52. The molecule has 4 heteroatoms. The summed E-state index contributed by atoms with van der Waals surface area (Å²) in [5, 5.41) is 9.22. The molecular weight excluding hydrogens is 268 g/mol. The van der Waals surface area contributed by atoms with Gasteiger partial charge in [-0.25, -0.2) is 0 Å². The minimum absolute atomic E-state index is 0.00641. The third-order valence-corrected chi connectivity index (χ3v) is 3.39. The van der Waals surface area contributed by atoms with Crippen molar-refractivity contribution in [3.05, 3.63) is 59.7 Å². The second-order valence-corrected chi connectivity index (χ2v) is 4.67. The summed E-state index contributed by atoms with van der Waals surface area (Å²) in [4.78, 5) is 11.2. The average Bonchev–Trinajstić information content (AvgIpc) is 2.52. The molecule has 1 N–H and O–H groups in total. The molecule has 1 unspecified atom stereocenters. The van der Waals surface area contributed by atoms with E-state index in [1.54, 1.807) is 26.4 Å². The van der Waals surface area contributed by atoms with E-state index in [0.717, 1.165) is 11.1 Å². The lowest BCUT2D eigenvalue weighted by molar-refractivity contribution is -0.137. The number of hydrogen-bond donors (Lipinski definition) is 1. The molecule has 4 nitrogen and oxygen atoms in total. The Hall–Kier alpha value is -2.49. The third-order valence-electron chi connectivity index (χ3n) is 3.39. The largest absolute Gasteiger partial charge is 0.497 e. The van der Waals surface area contributed by atoms with Gasteiger partial charge >= 0.3 is 5.97 Å². The molecule has 0 heterocycles. The van der Waals surface area contributed by atoms with Crippen LogP contribution in [0.4, 0.5) is 0 Å².